The van der Waals surface area contributed by atoms with E-state index < -0.39 is 11.8 Å². The van der Waals surface area contributed by atoms with Crippen molar-refractivity contribution in [3.8, 4) is 6.07 Å². The van der Waals surface area contributed by atoms with Gasteiger partial charge in [0.25, 0.3) is 0 Å². The minimum Gasteiger partial charge on any atom is -0.318 e. The molecule has 110 valence electrons. The maximum absolute atomic E-state index is 11.8. The lowest BCUT2D eigenvalue weighted by Crippen LogP contribution is -2.29. The van der Waals surface area contributed by atoms with Crippen molar-refractivity contribution in [3.63, 3.8) is 0 Å². The van der Waals surface area contributed by atoms with Crippen LogP contribution in [0, 0.1) is 11.3 Å². The summed E-state index contributed by atoms with van der Waals surface area (Å²) in [7, 11) is 0. The quantitative estimate of drug-likeness (QED) is 0.826. The predicted molar refractivity (Wildman–Crippen MR) is 84.9 cm³/mol. The SMILES string of the molecule is N#Cc1ccc(NC(=O)C(=O)Nc2ccc(Cl)cc2Cl)cc1. The van der Waals surface area contributed by atoms with E-state index in [2.05, 4.69) is 10.6 Å². The highest BCUT2D eigenvalue weighted by molar-refractivity contribution is 6.45. The van der Waals surface area contributed by atoms with Crippen LogP contribution in [0.15, 0.2) is 42.5 Å². The second-order valence-electron chi connectivity index (χ2n) is 4.22. The Balaban J connectivity index is 2.02. The number of carbonyl (C=O) groups is 2. The Labute approximate surface area is 136 Å². The van der Waals surface area contributed by atoms with Gasteiger partial charge in [0, 0.05) is 10.7 Å². The topological polar surface area (TPSA) is 82.0 Å². The molecule has 2 N–H and O–H groups in total. The third-order valence-electron chi connectivity index (χ3n) is 2.66. The summed E-state index contributed by atoms with van der Waals surface area (Å²) in [6.07, 6.45) is 0. The van der Waals surface area contributed by atoms with Crippen LogP contribution in [0.3, 0.4) is 0 Å². The number of nitriles is 1. The average Bonchev–Trinajstić information content (AvgIpc) is 2.50. The molecule has 0 unspecified atom stereocenters. The van der Waals surface area contributed by atoms with Crippen LogP contribution in [0.2, 0.25) is 10.0 Å². The molecule has 0 bridgehead atoms. The number of carbonyl (C=O) groups excluding carboxylic acids is 2. The van der Waals surface area contributed by atoms with Crippen molar-refractivity contribution in [2.75, 3.05) is 10.6 Å². The third-order valence-corrected chi connectivity index (χ3v) is 3.21. The van der Waals surface area contributed by atoms with E-state index >= 15 is 0 Å². The molecule has 7 heteroatoms. The maximum atomic E-state index is 11.8. The van der Waals surface area contributed by atoms with Crippen LogP contribution >= 0.6 is 23.2 Å². The molecule has 0 aliphatic heterocycles. The molecule has 0 aliphatic carbocycles. The smallest absolute Gasteiger partial charge is 0.314 e. The first-order chi connectivity index (χ1) is 10.5. The molecule has 0 saturated carbocycles. The second-order valence-corrected chi connectivity index (χ2v) is 5.07. The molecule has 0 aromatic heterocycles. The van der Waals surface area contributed by atoms with Gasteiger partial charge in [0.2, 0.25) is 0 Å². The number of hydrogen-bond donors (Lipinski definition) is 2. The number of halogens is 2. The van der Waals surface area contributed by atoms with E-state index in [9.17, 15) is 9.59 Å². The lowest BCUT2D eigenvalue weighted by Gasteiger charge is -2.08. The van der Waals surface area contributed by atoms with Crippen molar-refractivity contribution in [3.05, 3.63) is 58.1 Å². The molecule has 0 spiro atoms. The molecular formula is C15H9Cl2N3O2. The molecule has 0 fully saturated rings. The number of nitrogens with one attached hydrogen (secondary N) is 2. The maximum Gasteiger partial charge on any atom is 0.314 e. The monoisotopic (exact) mass is 333 g/mol. The Kier molecular flexibility index (Phi) is 4.99. The van der Waals surface area contributed by atoms with Crippen LogP contribution in [0.25, 0.3) is 0 Å². The van der Waals surface area contributed by atoms with Crippen LogP contribution in [0.4, 0.5) is 11.4 Å². The fraction of sp³-hybridized carbons (Fsp3) is 0. The highest BCUT2D eigenvalue weighted by Crippen LogP contribution is 2.25. The number of hydrogen-bond acceptors (Lipinski definition) is 3. The molecule has 0 heterocycles. The molecule has 2 aromatic rings. The molecular weight excluding hydrogens is 325 g/mol. The largest absolute Gasteiger partial charge is 0.318 e. The highest BCUT2D eigenvalue weighted by atomic mass is 35.5. The Morgan fingerprint density at radius 1 is 0.955 bits per heavy atom. The lowest BCUT2D eigenvalue weighted by molar-refractivity contribution is -0.132. The van der Waals surface area contributed by atoms with Gasteiger partial charge >= 0.3 is 11.8 Å². The van der Waals surface area contributed by atoms with Gasteiger partial charge in [-0.05, 0) is 42.5 Å². The second kappa shape index (κ2) is 6.94. The fourth-order valence-corrected chi connectivity index (χ4v) is 2.04. The number of benzene rings is 2. The molecule has 0 saturated heterocycles. The van der Waals surface area contributed by atoms with Crippen LogP contribution in [-0.4, -0.2) is 11.8 Å². The zero-order valence-electron chi connectivity index (χ0n) is 11.1. The third kappa shape index (κ3) is 3.98. The minimum atomic E-state index is -0.867. The molecule has 2 amide bonds. The van der Waals surface area contributed by atoms with Crippen LogP contribution in [0.5, 0.6) is 0 Å². The molecule has 0 aliphatic rings. The van der Waals surface area contributed by atoms with Gasteiger partial charge in [-0.3, -0.25) is 9.59 Å². The minimum absolute atomic E-state index is 0.229. The van der Waals surface area contributed by atoms with E-state index in [0.717, 1.165) is 0 Å². The van der Waals surface area contributed by atoms with Crippen LogP contribution in [0.1, 0.15) is 5.56 Å². The Hall–Kier alpha value is -2.55. The van der Waals surface area contributed by atoms with E-state index in [0.29, 0.717) is 16.3 Å². The normalized spacial score (nSPS) is 9.68. The molecule has 0 radical (unpaired) electrons. The van der Waals surface area contributed by atoms with Gasteiger partial charge in [0.05, 0.1) is 22.3 Å². The standard InChI is InChI=1S/C15H9Cl2N3O2/c16-10-3-6-13(12(17)7-10)20-15(22)14(21)19-11-4-1-9(8-18)2-5-11/h1-7H,(H,19,21)(H,20,22). The summed E-state index contributed by atoms with van der Waals surface area (Å²) < 4.78 is 0. The average molecular weight is 334 g/mol. The van der Waals surface area contributed by atoms with Crippen molar-refractivity contribution in [1.29, 1.82) is 5.26 Å². The van der Waals surface area contributed by atoms with E-state index in [-0.39, 0.29) is 10.7 Å². The molecule has 0 atom stereocenters. The summed E-state index contributed by atoms with van der Waals surface area (Å²) >= 11 is 11.7. The summed E-state index contributed by atoms with van der Waals surface area (Å²) in [4.78, 5) is 23.6. The van der Waals surface area contributed by atoms with Gasteiger partial charge in [0.1, 0.15) is 0 Å². The summed E-state index contributed by atoms with van der Waals surface area (Å²) in [5, 5.41) is 14.1. The number of rotatable bonds is 2. The van der Waals surface area contributed by atoms with Crippen molar-refractivity contribution in [2.45, 2.75) is 0 Å². The summed E-state index contributed by atoms with van der Waals surface area (Å²) in [5.74, 6) is -1.72. The fourth-order valence-electron chi connectivity index (χ4n) is 1.59. The van der Waals surface area contributed by atoms with Crippen molar-refractivity contribution in [1.82, 2.24) is 0 Å². The molecule has 2 aromatic carbocycles. The van der Waals surface area contributed by atoms with E-state index in [1.54, 1.807) is 6.07 Å². The Bertz CT molecular complexity index is 767. The highest BCUT2D eigenvalue weighted by Gasteiger charge is 2.15. The zero-order valence-corrected chi connectivity index (χ0v) is 12.6. The van der Waals surface area contributed by atoms with E-state index in [4.69, 9.17) is 28.5 Å². The predicted octanol–water partition coefficient (Wildman–Crippen LogP) is 3.44. The summed E-state index contributed by atoms with van der Waals surface area (Å²) in [5.41, 5.74) is 1.14. The first kappa shape index (κ1) is 15.8. The van der Waals surface area contributed by atoms with Crippen LogP contribution in [-0.2, 0) is 9.59 Å². The van der Waals surface area contributed by atoms with Crippen molar-refractivity contribution >= 4 is 46.4 Å². The van der Waals surface area contributed by atoms with Gasteiger partial charge in [-0.2, -0.15) is 5.26 Å². The van der Waals surface area contributed by atoms with E-state index in [1.807, 2.05) is 6.07 Å². The molecule has 5 nitrogen and oxygen atoms in total. The van der Waals surface area contributed by atoms with Gasteiger partial charge in [-0.25, -0.2) is 0 Å². The van der Waals surface area contributed by atoms with E-state index in [1.165, 1.54) is 36.4 Å². The van der Waals surface area contributed by atoms with Gasteiger partial charge < -0.3 is 10.6 Å². The van der Waals surface area contributed by atoms with Gasteiger partial charge in [0.15, 0.2) is 0 Å². The Morgan fingerprint density at radius 3 is 2.18 bits per heavy atom. The number of anilines is 2. The summed E-state index contributed by atoms with van der Waals surface area (Å²) in [6, 6.07) is 12.6. The van der Waals surface area contributed by atoms with Crippen molar-refractivity contribution < 1.29 is 9.59 Å². The number of amides is 2. The van der Waals surface area contributed by atoms with Crippen molar-refractivity contribution in [2.24, 2.45) is 0 Å². The van der Waals surface area contributed by atoms with Crippen LogP contribution < -0.4 is 10.6 Å². The van der Waals surface area contributed by atoms with Gasteiger partial charge in [-0.1, -0.05) is 23.2 Å². The van der Waals surface area contributed by atoms with Gasteiger partial charge in [-0.15, -0.1) is 0 Å². The molecule has 22 heavy (non-hydrogen) atoms. The lowest BCUT2D eigenvalue weighted by atomic mass is 10.2. The number of nitrogens with zero attached hydrogens (tertiary/aromatic N) is 1. The summed E-state index contributed by atoms with van der Waals surface area (Å²) in [6.45, 7) is 0. The molecule has 2 rings (SSSR count). The Morgan fingerprint density at radius 2 is 1.59 bits per heavy atom. The first-order valence-electron chi connectivity index (χ1n) is 6.07. The zero-order chi connectivity index (χ0) is 16.1. The first-order valence-corrected chi connectivity index (χ1v) is 6.83.